The SMILES string of the molecule is CCN(CC)c1ccc(NC(=O)CC(=O)NCCC2=CCCCC2)c(C)c1. The number of anilines is 2. The first-order valence-corrected chi connectivity index (χ1v) is 10.1. The van der Waals surface area contributed by atoms with Crippen LogP contribution in [0.3, 0.4) is 0 Å². The lowest BCUT2D eigenvalue weighted by atomic mass is 9.97. The molecule has 0 saturated heterocycles. The summed E-state index contributed by atoms with van der Waals surface area (Å²) in [7, 11) is 0. The van der Waals surface area contributed by atoms with E-state index in [1.54, 1.807) is 0 Å². The van der Waals surface area contributed by atoms with E-state index in [0.717, 1.165) is 49.3 Å². The fourth-order valence-corrected chi connectivity index (χ4v) is 3.47. The molecule has 1 aromatic rings. The minimum Gasteiger partial charge on any atom is -0.372 e. The summed E-state index contributed by atoms with van der Waals surface area (Å²) in [6.07, 6.45) is 7.83. The van der Waals surface area contributed by atoms with Gasteiger partial charge in [0.05, 0.1) is 0 Å². The van der Waals surface area contributed by atoms with Crippen LogP contribution < -0.4 is 15.5 Å². The smallest absolute Gasteiger partial charge is 0.233 e. The molecule has 2 amide bonds. The predicted octanol–water partition coefficient (Wildman–Crippen LogP) is 4.18. The lowest BCUT2D eigenvalue weighted by molar-refractivity contribution is -0.126. The number of nitrogens with zero attached hydrogens (tertiary/aromatic N) is 1. The van der Waals surface area contributed by atoms with Crippen molar-refractivity contribution in [1.82, 2.24) is 5.32 Å². The van der Waals surface area contributed by atoms with Gasteiger partial charge in [-0.3, -0.25) is 9.59 Å². The number of rotatable bonds is 9. The van der Waals surface area contributed by atoms with E-state index in [4.69, 9.17) is 0 Å². The average Bonchev–Trinajstić information content (AvgIpc) is 2.65. The zero-order valence-electron chi connectivity index (χ0n) is 16.9. The molecule has 0 saturated carbocycles. The molecule has 0 radical (unpaired) electrons. The van der Waals surface area contributed by atoms with Gasteiger partial charge in [-0.2, -0.15) is 0 Å². The number of amides is 2. The average molecular weight is 372 g/mol. The molecule has 0 heterocycles. The van der Waals surface area contributed by atoms with Crippen LogP contribution in [0.25, 0.3) is 0 Å². The highest BCUT2D eigenvalue weighted by molar-refractivity contribution is 6.03. The Morgan fingerprint density at radius 1 is 1.11 bits per heavy atom. The van der Waals surface area contributed by atoms with Gasteiger partial charge in [0, 0.05) is 31.0 Å². The first-order valence-electron chi connectivity index (χ1n) is 10.1. The molecule has 5 heteroatoms. The number of carbonyl (C=O) groups is 2. The third-order valence-electron chi connectivity index (χ3n) is 5.09. The second-order valence-electron chi connectivity index (χ2n) is 7.10. The van der Waals surface area contributed by atoms with Crippen LogP contribution >= 0.6 is 0 Å². The van der Waals surface area contributed by atoms with Gasteiger partial charge in [-0.1, -0.05) is 11.6 Å². The van der Waals surface area contributed by atoms with Crippen molar-refractivity contribution >= 4 is 23.2 Å². The first-order chi connectivity index (χ1) is 13.0. The molecule has 0 spiro atoms. The van der Waals surface area contributed by atoms with Crippen molar-refractivity contribution < 1.29 is 9.59 Å². The Balaban J connectivity index is 1.79. The van der Waals surface area contributed by atoms with Crippen LogP contribution in [-0.2, 0) is 9.59 Å². The Kier molecular flexibility index (Phi) is 8.37. The summed E-state index contributed by atoms with van der Waals surface area (Å²) in [6, 6.07) is 5.99. The monoisotopic (exact) mass is 371 g/mol. The largest absolute Gasteiger partial charge is 0.372 e. The number of benzene rings is 1. The van der Waals surface area contributed by atoms with Crippen molar-refractivity contribution in [2.45, 2.75) is 59.3 Å². The topological polar surface area (TPSA) is 61.4 Å². The number of aryl methyl sites for hydroxylation is 1. The molecule has 0 unspecified atom stereocenters. The summed E-state index contributed by atoms with van der Waals surface area (Å²) < 4.78 is 0. The van der Waals surface area contributed by atoms with Crippen molar-refractivity contribution in [3.8, 4) is 0 Å². The van der Waals surface area contributed by atoms with E-state index in [0.29, 0.717) is 6.54 Å². The van der Waals surface area contributed by atoms with Crippen molar-refractivity contribution in [3.05, 3.63) is 35.4 Å². The van der Waals surface area contributed by atoms with Gasteiger partial charge < -0.3 is 15.5 Å². The molecule has 148 valence electrons. The normalized spacial score (nSPS) is 13.7. The third kappa shape index (κ3) is 6.74. The highest BCUT2D eigenvalue weighted by Crippen LogP contribution is 2.23. The highest BCUT2D eigenvalue weighted by atomic mass is 16.2. The molecule has 1 aliphatic carbocycles. The summed E-state index contributed by atoms with van der Waals surface area (Å²) >= 11 is 0. The van der Waals surface area contributed by atoms with Gasteiger partial charge in [0.15, 0.2) is 0 Å². The molecule has 2 N–H and O–H groups in total. The summed E-state index contributed by atoms with van der Waals surface area (Å²) in [5.41, 5.74) is 4.33. The number of hydrogen-bond donors (Lipinski definition) is 2. The Morgan fingerprint density at radius 3 is 2.52 bits per heavy atom. The van der Waals surface area contributed by atoms with Crippen LogP contribution in [0.1, 0.15) is 57.9 Å². The number of allylic oxidation sites excluding steroid dienone is 1. The van der Waals surface area contributed by atoms with E-state index in [1.807, 2.05) is 19.1 Å². The molecule has 0 atom stereocenters. The van der Waals surface area contributed by atoms with Gasteiger partial charge in [0.1, 0.15) is 6.42 Å². The molecular weight excluding hydrogens is 338 g/mol. The zero-order chi connectivity index (χ0) is 19.6. The Bertz CT molecular complexity index is 678. The maximum Gasteiger partial charge on any atom is 0.233 e. The molecule has 1 aliphatic rings. The predicted molar refractivity (Wildman–Crippen MR) is 112 cm³/mol. The summed E-state index contributed by atoms with van der Waals surface area (Å²) in [6.45, 7) is 8.71. The lowest BCUT2D eigenvalue weighted by Crippen LogP contribution is -2.29. The molecule has 5 nitrogen and oxygen atoms in total. The van der Waals surface area contributed by atoms with E-state index < -0.39 is 0 Å². The van der Waals surface area contributed by atoms with Crippen molar-refractivity contribution in [2.75, 3.05) is 29.9 Å². The summed E-state index contributed by atoms with van der Waals surface area (Å²) in [5, 5.41) is 5.71. The Morgan fingerprint density at radius 2 is 1.89 bits per heavy atom. The summed E-state index contributed by atoms with van der Waals surface area (Å²) in [4.78, 5) is 26.4. The van der Waals surface area contributed by atoms with Crippen LogP contribution in [0.15, 0.2) is 29.8 Å². The van der Waals surface area contributed by atoms with Crippen LogP contribution in [0.2, 0.25) is 0 Å². The molecule has 0 aromatic heterocycles. The number of carbonyl (C=O) groups excluding carboxylic acids is 2. The van der Waals surface area contributed by atoms with Crippen LogP contribution in [-0.4, -0.2) is 31.4 Å². The maximum absolute atomic E-state index is 12.2. The standard InChI is InChI=1S/C22H33N3O2/c1-4-25(5-2)19-11-12-20(17(3)15-19)24-22(27)16-21(26)23-14-13-18-9-7-6-8-10-18/h9,11-12,15H,4-8,10,13-14,16H2,1-3H3,(H,23,26)(H,24,27). The zero-order valence-corrected chi connectivity index (χ0v) is 16.9. The van der Waals surface area contributed by atoms with E-state index in [2.05, 4.69) is 41.5 Å². The number of nitrogens with one attached hydrogen (secondary N) is 2. The van der Waals surface area contributed by atoms with Crippen molar-refractivity contribution in [3.63, 3.8) is 0 Å². The van der Waals surface area contributed by atoms with Gasteiger partial charge >= 0.3 is 0 Å². The van der Waals surface area contributed by atoms with Gasteiger partial charge in [-0.05, 0) is 76.6 Å². The molecule has 0 aliphatic heterocycles. The Hall–Kier alpha value is -2.30. The van der Waals surface area contributed by atoms with E-state index in [9.17, 15) is 9.59 Å². The maximum atomic E-state index is 12.2. The molecule has 1 aromatic carbocycles. The van der Waals surface area contributed by atoms with Crippen LogP contribution in [0.4, 0.5) is 11.4 Å². The van der Waals surface area contributed by atoms with E-state index in [1.165, 1.54) is 18.4 Å². The highest BCUT2D eigenvalue weighted by Gasteiger charge is 2.12. The van der Waals surface area contributed by atoms with Gasteiger partial charge in [0.25, 0.3) is 0 Å². The molecular formula is C22H33N3O2. The first kappa shape index (κ1) is 21.0. The van der Waals surface area contributed by atoms with E-state index in [-0.39, 0.29) is 18.2 Å². The molecule has 0 fully saturated rings. The van der Waals surface area contributed by atoms with Gasteiger partial charge in [-0.25, -0.2) is 0 Å². The van der Waals surface area contributed by atoms with Crippen LogP contribution in [0.5, 0.6) is 0 Å². The second-order valence-corrected chi connectivity index (χ2v) is 7.10. The quantitative estimate of drug-likeness (QED) is 0.506. The summed E-state index contributed by atoms with van der Waals surface area (Å²) in [5.74, 6) is -0.496. The van der Waals surface area contributed by atoms with Crippen molar-refractivity contribution in [2.24, 2.45) is 0 Å². The minimum absolute atomic E-state index is 0.143. The molecule has 2 rings (SSSR count). The fraction of sp³-hybridized carbons (Fsp3) is 0.545. The minimum atomic E-state index is -0.275. The second kappa shape index (κ2) is 10.8. The lowest BCUT2D eigenvalue weighted by Gasteiger charge is -2.22. The van der Waals surface area contributed by atoms with Crippen molar-refractivity contribution in [1.29, 1.82) is 0 Å². The van der Waals surface area contributed by atoms with Gasteiger partial charge in [-0.15, -0.1) is 0 Å². The molecule has 0 bridgehead atoms. The fourth-order valence-electron chi connectivity index (χ4n) is 3.47. The number of hydrogen-bond acceptors (Lipinski definition) is 3. The van der Waals surface area contributed by atoms with Crippen LogP contribution in [0, 0.1) is 6.92 Å². The third-order valence-corrected chi connectivity index (χ3v) is 5.09. The molecule has 27 heavy (non-hydrogen) atoms. The van der Waals surface area contributed by atoms with Gasteiger partial charge in [0.2, 0.25) is 11.8 Å². The Labute approximate surface area is 163 Å². The van der Waals surface area contributed by atoms with E-state index >= 15 is 0 Å².